The molecule has 4 heteroatoms. The van der Waals surface area contributed by atoms with Crippen molar-refractivity contribution in [3.63, 3.8) is 0 Å². The van der Waals surface area contributed by atoms with Gasteiger partial charge in [0.2, 0.25) is 0 Å². The van der Waals surface area contributed by atoms with Crippen LogP contribution in [0.1, 0.15) is 106 Å². The smallest absolute Gasteiger partial charge is 0.309 e. The molecule has 35 heavy (non-hydrogen) atoms. The van der Waals surface area contributed by atoms with Gasteiger partial charge in [-0.05, 0) is 117 Å². The first-order chi connectivity index (χ1) is 16.3. The highest BCUT2D eigenvalue weighted by molar-refractivity contribution is 5.90. The molecule has 0 aromatic heterocycles. The fraction of sp³-hybridized carbons (Fsp3) is 0.871. The van der Waals surface area contributed by atoms with Crippen molar-refractivity contribution in [3.8, 4) is 0 Å². The Balaban J connectivity index is 1.55. The number of carboxylic acid groups (broad SMARTS) is 1. The molecule has 5 aliphatic rings. The second kappa shape index (κ2) is 7.84. The first-order valence-electron chi connectivity index (χ1n) is 14.3. The van der Waals surface area contributed by atoms with Crippen molar-refractivity contribution >= 4 is 11.7 Å². The molecule has 5 aliphatic carbocycles. The molecule has 5 rings (SSSR count). The van der Waals surface area contributed by atoms with Gasteiger partial charge in [-0.25, -0.2) is 0 Å². The topological polar surface area (TPSA) is 58.9 Å². The van der Waals surface area contributed by atoms with Gasteiger partial charge in [0.25, 0.3) is 0 Å². The zero-order valence-corrected chi connectivity index (χ0v) is 23.4. The van der Waals surface area contributed by atoms with Crippen molar-refractivity contribution in [3.05, 3.63) is 12.2 Å². The molecule has 0 unspecified atom stereocenters. The number of carbonyl (C=O) groups is 1. The number of hydrogen-bond donors (Lipinski definition) is 1. The maximum Gasteiger partial charge on any atom is 0.309 e. The lowest BCUT2D eigenvalue weighted by Gasteiger charge is -2.72. The average molecular weight is 484 g/mol. The van der Waals surface area contributed by atoms with E-state index < -0.39 is 11.4 Å². The summed E-state index contributed by atoms with van der Waals surface area (Å²) in [6, 6.07) is 0. The number of rotatable bonds is 3. The molecular weight excluding hydrogens is 434 g/mol. The van der Waals surface area contributed by atoms with E-state index in [-0.39, 0.29) is 22.2 Å². The first-order valence-corrected chi connectivity index (χ1v) is 14.3. The van der Waals surface area contributed by atoms with Crippen LogP contribution in [-0.4, -0.2) is 23.9 Å². The van der Waals surface area contributed by atoms with E-state index >= 15 is 0 Å². The second-order valence-electron chi connectivity index (χ2n) is 14.6. The average Bonchev–Trinajstić information content (AvgIpc) is 3.18. The standard InChI is InChI=1S/C31H49NO3/c1-19(2)20-11-16-31(26(33)34)18-17-29(6)21(25(20)31)9-10-23-28(5)14-13-24(32-35-8)27(3,4)22(28)12-15-30(23,29)7/h20-23,25H,1,9-18H2,2-8H3,(H,33,34)/b32-24+/t20-,21+,22-,23+,25+,28-,29+,30+,31-/m0/s1. The highest BCUT2D eigenvalue weighted by Gasteiger charge is 2.71. The van der Waals surface area contributed by atoms with Crippen LogP contribution in [0.15, 0.2) is 17.3 Å². The van der Waals surface area contributed by atoms with Crippen LogP contribution < -0.4 is 0 Å². The fourth-order valence-electron chi connectivity index (χ4n) is 11.6. The van der Waals surface area contributed by atoms with E-state index in [1.54, 1.807) is 7.11 Å². The van der Waals surface area contributed by atoms with E-state index in [4.69, 9.17) is 4.84 Å². The molecule has 0 spiro atoms. The Morgan fingerprint density at radius 2 is 1.66 bits per heavy atom. The number of aliphatic carboxylic acids is 1. The van der Waals surface area contributed by atoms with Crippen LogP contribution in [0.4, 0.5) is 0 Å². The largest absolute Gasteiger partial charge is 0.481 e. The second-order valence-corrected chi connectivity index (χ2v) is 14.6. The minimum Gasteiger partial charge on any atom is -0.481 e. The minimum atomic E-state index is -0.532. The van der Waals surface area contributed by atoms with Crippen LogP contribution in [0.25, 0.3) is 0 Å². The predicted octanol–water partition coefficient (Wildman–Crippen LogP) is 7.73. The summed E-state index contributed by atoms with van der Waals surface area (Å²) in [7, 11) is 1.68. The van der Waals surface area contributed by atoms with Gasteiger partial charge in [0.15, 0.2) is 0 Å². The van der Waals surface area contributed by atoms with E-state index in [0.29, 0.717) is 29.1 Å². The molecule has 0 bridgehead atoms. The lowest BCUT2D eigenvalue weighted by atomic mass is 9.32. The number of allylic oxidation sites excluding steroid dienone is 1. The molecule has 5 fully saturated rings. The van der Waals surface area contributed by atoms with Gasteiger partial charge >= 0.3 is 5.97 Å². The predicted molar refractivity (Wildman–Crippen MR) is 141 cm³/mol. The lowest BCUT2D eigenvalue weighted by Crippen LogP contribution is -2.66. The normalized spacial score (nSPS) is 51.5. The summed E-state index contributed by atoms with van der Waals surface area (Å²) in [4.78, 5) is 18.1. The summed E-state index contributed by atoms with van der Waals surface area (Å²) in [5, 5.41) is 15.0. The van der Waals surface area contributed by atoms with Crippen LogP contribution in [0, 0.1) is 56.7 Å². The molecule has 0 aromatic rings. The number of nitrogens with zero attached hydrogens (tertiary/aromatic N) is 1. The van der Waals surface area contributed by atoms with Crippen molar-refractivity contribution in [2.24, 2.45) is 61.8 Å². The van der Waals surface area contributed by atoms with Gasteiger partial charge in [-0.2, -0.15) is 0 Å². The molecule has 0 radical (unpaired) electrons. The van der Waals surface area contributed by atoms with E-state index in [2.05, 4.69) is 53.3 Å². The van der Waals surface area contributed by atoms with E-state index in [9.17, 15) is 9.90 Å². The summed E-state index contributed by atoms with van der Waals surface area (Å²) in [6.45, 7) is 19.1. The zero-order valence-electron chi connectivity index (χ0n) is 23.4. The summed E-state index contributed by atoms with van der Waals surface area (Å²) in [5.74, 6) is 1.87. The Hall–Kier alpha value is -1.32. The van der Waals surface area contributed by atoms with Gasteiger partial charge in [0, 0.05) is 5.41 Å². The Bertz CT molecular complexity index is 953. The summed E-state index contributed by atoms with van der Waals surface area (Å²) < 4.78 is 0. The van der Waals surface area contributed by atoms with E-state index in [0.717, 1.165) is 32.1 Å². The monoisotopic (exact) mass is 483 g/mol. The number of hydrogen-bond acceptors (Lipinski definition) is 3. The lowest BCUT2D eigenvalue weighted by molar-refractivity contribution is -0.230. The third-order valence-electron chi connectivity index (χ3n) is 13.5. The fourth-order valence-corrected chi connectivity index (χ4v) is 11.6. The van der Waals surface area contributed by atoms with Gasteiger partial charge in [0.05, 0.1) is 11.1 Å². The zero-order chi connectivity index (χ0) is 25.6. The third kappa shape index (κ3) is 3.03. The summed E-state index contributed by atoms with van der Waals surface area (Å²) >= 11 is 0. The SMILES string of the molecule is C=C(C)[C@@H]1CC[C@]2(C(=O)O)CC[C@]3(C)[C@H](CC[C@@H]4[C@@]5(C)CC/C(=N\OC)C(C)(C)[C@@H]5CC[C@]43C)[C@@H]12. The van der Waals surface area contributed by atoms with Crippen LogP contribution in [0.5, 0.6) is 0 Å². The molecule has 0 aromatic carbocycles. The Morgan fingerprint density at radius 1 is 0.943 bits per heavy atom. The van der Waals surface area contributed by atoms with Gasteiger partial charge in [-0.15, -0.1) is 0 Å². The molecular formula is C31H49NO3. The van der Waals surface area contributed by atoms with Gasteiger partial charge in [-0.3, -0.25) is 4.79 Å². The van der Waals surface area contributed by atoms with Crippen molar-refractivity contribution < 1.29 is 14.7 Å². The molecule has 0 saturated heterocycles. The Labute approximate surface area is 213 Å². The summed E-state index contributed by atoms with van der Waals surface area (Å²) in [5.41, 5.74) is 2.72. The molecule has 0 aliphatic heterocycles. The molecule has 9 atom stereocenters. The van der Waals surface area contributed by atoms with Gasteiger partial charge in [-0.1, -0.05) is 51.9 Å². The molecule has 4 nitrogen and oxygen atoms in total. The number of fused-ring (bicyclic) bond motifs is 7. The van der Waals surface area contributed by atoms with Crippen LogP contribution in [0.2, 0.25) is 0 Å². The minimum absolute atomic E-state index is 0.0591. The highest BCUT2D eigenvalue weighted by atomic mass is 16.6. The Kier molecular flexibility index (Phi) is 5.67. The van der Waals surface area contributed by atoms with Crippen molar-refractivity contribution in [2.45, 2.75) is 106 Å². The van der Waals surface area contributed by atoms with Crippen LogP contribution >= 0.6 is 0 Å². The van der Waals surface area contributed by atoms with Crippen LogP contribution in [-0.2, 0) is 9.63 Å². The molecule has 5 saturated carbocycles. The molecule has 0 heterocycles. The number of carboxylic acids is 1. The quantitative estimate of drug-likeness (QED) is 0.330. The van der Waals surface area contributed by atoms with Crippen molar-refractivity contribution in [1.82, 2.24) is 0 Å². The maximum absolute atomic E-state index is 12.8. The van der Waals surface area contributed by atoms with Gasteiger partial charge in [0.1, 0.15) is 7.11 Å². The highest BCUT2D eigenvalue weighted by Crippen LogP contribution is 2.77. The third-order valence-corrected chi connectivity index (χ3v) is 13.5. The molecule has 196 valence electrons. The van der Waals surface area contributed by atoms with Crippen molar-refractivity contribution in [2.75, 3.05) is 7.11 Å². The van der Waals surface area contributed by atoms with Gasteiger partial charge < -0.3 is 9.94 Å². The van der Waals surface area contributed by atoms with Crippen molar-refractivity contribution in [1.29, 1.82) is 0 Å². The van der Waals surface area contributed by atoms with Crippen LogP contribution in [0.3, 0.4) is 0 Å². The van der Waals surface area contributed by atoms with E-state index in [1.165, 1.54) is 43.4 Å². The Morgan fingerprint density at radius 3 is 2.29 bits per heavy atom. The van der Waals surface area contributed by atoms with E-state index in [1.807, 2.05) is 0 Å². The number of oxime groups is 1. The molecule has 1 N–H and O–H groups in total. The molecule has 0 amide bonds. The summed E-state index contributed by atoms with van der Waals surface area (Å²) in [6.07, 6.45) is 10.9. The maximum atomic E-state index is 12.8. The first kappa shape index (κ1) is 25.3.